The van der Waals surface area contributed by atoms with Gasteiger partial charge in [-0.25, -0.2) is 0 Å². The molecule has 5 rings (SSSR count). The summed E-state index contributed by atoms with van der Waals surface area (Å²) in [6, 6.07) is 23.5. The molecule has 3 heterocycles. The van der Waals surface area contributed by atoms with E-state index < -0.39 is 17.3 Å². The molecule has 36 heavy (non-hydrogen) atoms. The quantitative estimate of drug-likeness (QED) is 0.194. The molecule has 0 bridgehead atoms. The van der Waals surface area contributed by atoms with E-state index >= 15 is 0 Å². The van der Waals surface area contributed by atoms with Crippen molar-refractivity contribution in [1.29, 1.82) is 0 Å². The Morgan fingerprint density at radius 2 is 1.42 bits per heavy atom. The van der Waals surface area contributed by atoms with Crippen LogP contribution in [0.4, 0.5) is 0 Å². The molecule has 0 aliphatic carbocycles. The number of aryl methyl sites for hydroxylation is 3. The molecule has 0 spiro atoms. The van der Waals surface area contributed by atoms with Crippen molar-refractivity contribution in [3.63, 3.8) is 0 Å². The van der Waals surface area contributed by atoms with Gasteiger partial charge in [0, 0.05) is 0 Å². The number of hydrogen-bond acceptors (Lipinski definition) is 7. The number of aromatic nitrogens is 2. The van der Waals surface area contributed by atoms with Crippen LogP contribution < -0.4 is 7.06 Å². The van der Waals surface area contributed by atoms with Crippen LogP contribution in [0.3, 0.4) is 0 Å². The Bertz CT molecular complexity index is 1420. The summed E-state index contributed by atoms with van der Waals surface area (Å²) in [5.41, 5.74) is 3.19. The number of hydrogen-bond donors (Lipinski definition) is 0. The molecule has 2 aromatic carbocycles. The monoisotopic (exact) mass is 554 g/mol. The van der Waals surface area contributed by atoms with E-state index in [0.29, 0.717) is 24.3 Å². The molecule has 0 fully saturated rings. The van der Waals surface area contributed by atoms with Gasteiger partial charge in [0.1, 0.15) is 0 Å². The van der Waals surface area contributed by atoms with Crippen LogP contribution in [0, 0.1) is 13.8 Å². The number of benzene rings is 2. The Morgan fingerprint density at radius 3 is 1.97 bits per heavy atom. The van der Waals surface area contributed by atoms with Crippen molar-refractivity contribution in [3.05, 3.63) is 94.4 Å². The Hall–Kier alpha value is -3.33. The Morgan fingerprint density at radius 1 is 0.806 bits per heavy atom. The van der Waals surface area contributed by atoms with Gasteiger partial charge < -0.3 is 0 Å². The molecule has 0 aliphatic heterocycles. The van der Waals surface area contributed by atoms with Crippen molar-refractivity contribution >= 4 is 56.4 Å². The van der Waals surface area contributed by atoms with Crippen molar-refractivity contribution < 1.29 is 15.4 Å². The number of carbonyl (C=O) groups excluding carboxylic acids is 1. The number of pyridine rings is 2. The molecule has 0 radical (unpaired) electrons. The average Bonchev–Trinajstić information content (AvgIpc) is 3.38. The molecule has 0 N–H and O–H groups in total. The van der Waals surface area contributed by atoms with Gasteiger partial charge >= 0.3 is 221 Å². The second kappa shape index (κ2) is 11.2. The minimum atomic E-state index is -3.62. The predicted octanol–water partition coefficient (Wildman–Crippen LogP) is 6.47. The molecule has 6 nitrogen and oxygen atoms in total. The summed E-state index contributed by atoms with van der Waals surface area (Å²) in [7, 11) is 0. The van der Waals surface area contributed by atoms with E-state index in [9.17, 15) is 4.79 Å². The molecule has 0 saturated carbocycles. The van der Waals surface area contributed by atoms with E-state index in [0.717, 1.165) is 39.6 Å². The molecule has 0 unspecified atom stereocenters. The molecular formula is C28H25GaN2O4S. The summed E-state index contributed by atoms with van der Waals surface area (Å²) in [4.78, 5) is 23.4. The zero-order chi connectivity index (χ0) is 24.9. The fourth-order valence-corrected chi connectivity index (χ4v) is 7.35. The summed E-state index contributed by atoms with van der Waals surface area (Å²) < 4.78 is 18.5. The fraction of sp³-hybridized carbons (Fsp3) is 0.179. The standard InChI is InChI=1S/2C10H9NO.C8H10O2S.Ga/c2*1-7-5-6-8-3-2-4-9(12)10(8)11-7;9-8(10)5-1-3-7-4-2-6-11-7;/h2*2-6,12H,1H3;2,4,6H,1,3,5H2,(H,9,10);/q;;;+3/p-3. The third-order valence-corrected chi connectivity index (χ3v) is 9.47. The normalized spacial score (nSPS) is 10.9. The SMILES string of the molecule is Cc1ccc2cccc([O][Ga]([O]C(=O)CCCc3cccs3)[O]c3cccc4ccc(C)nc34)c2n1. The van der Waals surface area contributed by atoms with Crippen LogP contribution in [-0.2, 0) is 14.7 Å². The van der Waals surface area contributed by atoms with E-state index in [1.54, 1.807) is 11.3 Å². The van der Waals surface area contributed by atoms with Crippen LogP contribution in [0.25, 0.3) is 21.8 Å². The van der Waals surface area contributed by atoms with Crippen LogP contribution in [0.1, 0.15) is 29.1 Å². The first-order chi connectivity index (χ1) is 17.5. The van der Waals surface area contributed by atoms with Gasteiger partial charge in [-0.1, -0.05) is 0 Å². The Kier molecular flexibility index (Phi) is 7.55. The van der Waals surface area contributed by atoms with Gasteiger partial charge in [-0.15, -0.1) is 0 Å². The number of nitrogens with zero attached hydrogens (tertiary/aromatic N) is 2. The predicted molar refractivity (Wildman–Crippen MR) is 143 cm³/mol. The first-order valence-electron chi connectivity index (χ1n) is 11.8. The number of thiophene rings is 1. The van der Waals surface area contributed by atoms with Crippen molar-refractivity contribution in [2.45, 2.75) is 33.1 Å². The second-order valence-electron chi connectivity index (χ2n) is 8.51. The number of carbonyl (C=O) groups is 1. The molecule has 0 aliphatic rings. The molecule has 180 valence electrons. The summed E-state index contributed by atoms with van der Waals surface area (Å²) >= 11 is -1.93. The molecular weight excluding hydrogens is 530 g/mol. The minimum absolute atomic E-state index is 0.298. The molecule has 0 atom stereocenters. The van der Waals surface area contributed by atoms with E-state index in [-0.39, 0.29) is 5.97 Å². The first kappa shape index (κ1) is 24.4. The maximum atomic E-state index is 12.8. The van der Waals surface area contributed by atoms with Crippen LogP contribution in [0.15, 0.2) is 78.2 Å². The van der Waals surface area contributed by atoms with Gasteiger partial charge in [-0.05, 0) is 0 Å². The third kappa shape index (κ3) is 5.89. The van der Waals surface area contributed by atoms with Gasteiger partial charge in [-0.3, -0.25) is 0 Å². The van der Waals surface area contributed by atoms with E-state index in [1.807, 2.05) is 86.0 Å². The van der Waals surface area contributed by atoms with Gasteiger partial charge in [0.2, 0.25) is 0 Å². The van der Waals surface area contributed by atoms with Crippen LogP contribution in [0.5, 0.6) is 11.5 Å². The Balaban J connectivity index is 1.40. The van der Waals surface area contributed by atoms with Gasteiger partial charge in [0.05, 0.1) is 0 Å². The number of rotatable bonds is 9. The molecule has 8 heteroatoms. The first-order valence-corrected chi connectivity index (χ1v) is 15.7. The van der Waals surface area contributed by atoms with Gasteiger partial charge in [-0.2, -0.15) is 0 Å². The number of para-hydroxylation sites is 2. The van der Waals surface area contributed by atoms with E-state index in [2.05, 4.69) is 16.0 Å². The van der Waals surface area contributed by atoms with Gasteiger partial charge in [0.25, 0.3) is 0 Å². The Labute approximate surface area is 220 Å². The zero-order valence-electron chi connectivity index (χ0n) is 20.1. The van der Waals surface area contributed by atoms with Crippen LogP contribution in [-0.4, -0.2) is 33.2 Å². The van der Waals surface area contributed by atoms with Crippen LogP contribution in [0.2, 0.25) is 0 Å². The van der Waals surface area contributed by atoms with Crippen molar-refractivity contribution in [2.24, 2.45) is 0 Å². The molecule has 5 aromatic rings. The van der Waals surface area contributed by atoms with Crippen molar-refractivity contribution in [1.82, 2.24) is 9.97 Å². The topological polar surface area (TPSA) is 70.5 Å². The van der Waals surface area contributed by atoms with E-state index in [1.165, 1.54) is 4.88 Å². The summed E-state index contributed by atoms with van der Waals surface area (Å²) in [6.45, 7) is 3.87. The summed E-state index contributed by atoms with van der Waals surface area (Å²) in [5, 5.41) is 3.94. The molecule has 0 amide bonds. The van der Waals surface area contributed by atoms with Crippen molar-refractivity contribution in [2.75, 3.05) is 0 Å². The zero-order valence-corrected chi connectivity index (χ0v) is 23.4. The summed E-state index contributed by atoms with van der Waals surface area (Å²) in [6.07, 6.45) is 1.84. The second-order valence-corrected chi connectivity index (χ2v) is 12.2. The molecule has 3 aromatic heterocycles. The fourth-order valence-electron chi connectivity index (χ4n) is 3.93. The number of fused-ring (bicyclic) bond motifs is 2. The maximum absolute atomic E-state index is 12.8. The van der Waals surface area contributed by atoms with Crippen molar-refractivity contribution in [3.8, 4) is 11.5 Å². The summed E-state index contributed by atoms with van der Waals surface area (Å²) in [5.74, 6) is 0.791. The van der Waals surface area contributed by atoms with E-state index in [4.69, 9.17) is 10.6 Å². The third-order valence-electron chi connectivity index (χ3n) is 5.70. The molecule has 0 saturated heterocycles. The van der Waals surface area contributed by atoms with Crippen LogP contribution >= 0.6 is 11.3 Å². The average molecular weight is 555 g/mol. The van der Waals surface area contributed by atoms with Gasteiger partial charge in [0.15, 0.2) is 0 Å².